The van der Waals surface area contributed by atoms with Gasteiger partial charge in [0, 0.05) is 6.42 Å². The molecule has 0 bridgehead atoms. The van der Waals surface area contributed by atoms with Crippen LogP contribution in [-0.2, 0) is 0 Å². The van der Waals surface area contributed by atoms with Crippen molar-refractivity contribution in [3.8, 4) is 11.1 Å². The van der Waals surface area contributed by atoms with Gasteiger partial charge in [0.1, 0.15) is 0 Å². The van der Waals surface area contributed by atoms with Gasteiger partial charge in [-0.2, -0.15) is 0 Å². The second kappa shape index (κ2) is 5.66. The van der Waals surface area contributed by atoms with E-state index in [-0.39, 0.29) is 0 Å². The molecule has 2 aromatic carbocycles. The van der Waals surface area contributed by atoms with Gasteiger partial charge >= 0.3 is 0 Å². The Kier molecular flexibility index (Phi) is 3.73. The maximum atomic E-state index is 2.39. The number of allylic oxidation sites excluding steroid dienone is 1. The lowest BCUT2D eigenvalue weighted by Gasteiger charge is -2.10. The maximum Gasteiger partial charge on any atom is 0.0167 e. The minimum atomic E-state index is 0.649. The standard InChI is InChI=1S/C20H21/c1-3-8-15(2)18-13-17-11-7-12-19(20(17)14-18)16-9-5-4-6-10-16/h4-7,9-15H,3,8H2,1-2H3. The van der Waals surface area contributed by atoms with Gasteiger partial charge < -0.3 is 0 Å². The Morgan fingerprint density at radius 3 is 2.50 bits per heavy atom. The fraction of sp³-hybridized carbons (Fsp3) is 0.250. The van der Waals surface area contributed by atoms with Crippen molar-refractivity contribution >= 4 is 6.08 Å². The van der Waals surface area contributed by atoms with E-state index in [1.165, 1.54) is 40.7 Å². The maximum absolute atomic E-state index is 2.39. The largest absolute Gasteiger partial charge is 0.0654 e. The van der Waals surface area contributed by atoms with Crippen molar-refractivity contribution in [2.45, 2.75) is 26.7 Å². The lowest BCUT2D eigenvalue weighted by Crippen LogP contribution is -1.96. The van der Waals surface area contributed by atoms with E-state index in [4.69, 9.17) is 0 Å². The zero-order valence-corrected chi connectivity index (χ0v) is 12.3. The van der Waals surface area contributed by atoms with Crippen molar-refractivity contribution in [1.82, 2.24) is 0 Å². The van der Waals surface area contributed by atoms with Crippen LogP contribution in [0, 0.1) is 12.3 Å². The monoisotopic (exact) mass is 261 g/mol. The zero-order valence-electron chi connectivity index (χ0n) is 12.3. The van der Waals surface area contributed by atoms with Crippen LogP contribution in [0.2, 0.25) is 0 Å². The second-order valence-corrected chi connectivity index (χ2v) is 5.65. The van der Waals surface area contributed by atoms with Crippen molar-refractivity contribution in [1.29, 1.82) is 0 Å². The number of rotatable bonds is 4. The van der Waals surface area contributed by atoms with E-state index in [0.29, 0.717) is 5.92 Å². The van der Waals surface area contributed by atoms with Gasteiger partial charge in [0.25, 0.3) is 0 Å². The summed E-state index contributed by atoms with van der Waals surface area (Å²) in [4.78, 5) is 0. The average Bonchev–Trinajstić information content (AvgIpc) is 2.92. The van der Waals surface area contributed by atoms with Gasteiger partial charge in [-0.3, -0.25) is 0 Å². The van der Waals surface area contributed by atoms with Gasteiger partial charge in [0.05, 0.1) is 0 Å². The van der Waals surface area contributed by atoms with Gasteiger partial charge in [-0.05, 0) is 34.6 Å². The molecule has 2 aromatic rings. The smallest absolute Gasteiger partial charge is 0.0167 e. The summed E-state index contributed by atoms with van der Waals surface area (Å²) in [5, 5.41) is 0. The molecule has 0 saturated heterocycles. The summed E-state index contributed by atoms with van der Waals surface area (Å²) in [6, 6.07) is 17.3. The number of hydrogen-bond acceptors (Lipinski definition) is 0. The van der Waals surface area contributed by atoms with Gasteiger partial charge in [0.2, 0.25) is 0 Å². The van der Waals surface area contributed by atoms with Crippen LogP contribution in [0.25, 0.3) is 17.2 Å². The average molecular weight is 261 g/mol. The molecule has 0 heterocycles. The molecule has 1 aliphatic rings. The third kappa shape index (κ3) is 2.43. The van der Waals surface area contributed by atoms with Crippen molar-refractivity contribution < 1.29 is 0 Å². The van der Waals surface area contributed by atoms with E-state index in [0.717, 1.165) is 0 Å². The fourth-order valence-electron chi connectivity index (χ4n) is 3.01. The highest BCUT2D eigenvalue weighted by Crippen LogP contribution is 2.38. The molecule has 0 heteroatoms. The van der Waals surface area contributed by atoms with Crippen LogP contribution in [0.5, 0.6) is 0 Å². The summed E-state index contributed by atoms with van der Waals surface area (Å²) in [5.74, 6) is 0.649. The van der Waals surface area contributed by atoms with Crippen molar-refractivity contribution in [2.24, 2.45) is 5.92 Å². The predicted molar refractivity (Wildman–Crippen MR) is 87.3 cm³/mol. The third-order valence-corrected chi connectivity index (χ3v) is 4.15. The molecule has 0 saturated carbocycles. The normalized spacial score (nSPS) is 14.8. The van der Waals surface area contributed by atoms with Crippen LogP contribution < -0.4 is 0 Å². The number of fused-ring (bicyclic) bond motifs is 1. The molecular weight excluding hydrogens is 240 g/mol. The van der Waals surface area contributed by atoms with E-state index >= 15 is 0 Å². The summed E-state index contributed by atoms with van der Waals surface area (Å²) in [6.07, 6.45) is 7.26. The Bertz CT molecular complexity index is 620. The molecule has 0 nitrogen and oxygen atoms in total. The molecule has 0 N–H and O–H groups in total. The highest BCUT2D eigenvalue weighted by atomic mass is 14.2. The molecule has 1 atom stereocenters. The minimum Gasteiger partial charge on any atom is -0.0654 e. The first-order valence-corrected chi connectivity index (χ1v) is 7.54. The third-order valence-electron chi connectivity index (χ3n) is 4.15. The Morgan fingerprint density at radius 2 is 1.75 bits per heavy atom. The molecule has 20 heavy (non-hydrogen) atoms. The Hall–Kier alpha value is -1.82. The van der Waals surface area contributed by atoms with Crippen molar-refractivity contribution in [2.75, 3.05) is 0 Å². The Labute approximate surface area is 122 Å². The Balaban J connectivity index is 2.00. The van der Waals surface area contributed by atoms with Crippen LogP contribution in [0.4, 0.5) is 0 Å². The molecular formula is C20H21. The summed E-state index contributed by atoms with van der Waals surface area (Å²) in [5.41, 5.74) is 6.88. The molecule has 0 fully saturated rings. The predicted octanol–water partition coefficient (Wildman–Crippen LogP) is 5.74. The molecule has 1 aliphatic carbocycles. The fourth-order valence-corrected chi connectivity index (χ4v) is 3.01. The van der Waals surface area contributed by atoms with Gasteiger partial charge in [-0.25, -0.2) is 0 Å². The molecule has 1 unspecified atom stereocenters. The summed E-state index contributed by atoms with van der Waals surface area (Å²) < 4.78 is 0. The van der Waals surface area contributed by atoms with Crippen molar-refractivity contribution in [3.63, 3.8) is 0 Å². The quantitative estimate of drug-likeness (QED) is 0.658. The topological polar surface area (TPSA) is 0 Å². The number of benzene rings is 2. The molecule has 0 amide bonds. The molecule has 1 radical (unpaired) electrons. The molecule has 0 aromatic heterocycles. The van der Waals surface area contributed by atoms with E-state index in [1.54, 1.807) is 0 Å². The lowest BCUT2D eigenvalue weighted by molar-refractivity contribution is 0.612. The second-order valence-electron chi connectivity index (χ2n) is 5.65. The SMILES string of the molecule is CCCC(C)C1=Cc2c(cccc2-c2ccccc2)[CH]1. The minimum absolute atomic E-state index is 0.649. The van der Waals surface area contributed by atoms with E-state index in [1.807, 2.05) is 0 Å². The van der Waals surface area contributed by atoms with E-state index in [2.05, 4.69) is 74.9 Å². The van der Waals surface area contributed by atoms with E-state index in [9.17, 15) is 0 Å². The van der Waals surface area contributed by atoms with Crippen LogP contribution in [-0.4, -0.2) is 0 Å². The van der Waals surface area contributed by atoms with Gasteiger partial charge in [0.15, 0.2) is 0 Å². The van der Waals surface area contributed by atoms with Gasteiger partial charge in [-0.1, -0.05) is 80.4 Å². The zero-order chi connectivity index (χ0) is 13.9. The Morgan fingerprint density at radius 1 is 0.950 bits per heavy atom. The van der Waals surface area contributed by atoms with E-state index < -0.39 is 0 Å². The lowest BCUT2D eigenvalue weighted by atomic mass is 9.95. The van der Waals surface area contributed by atoms with Crippen LogP contribution in [0.15, 0.2) is 54.1 Å². The van der Waals surface area contributed by atoms with Crippen molar-refractivity contribution in [3.05, 3.63) is 71.7 Å². The highest BCUT2D eigenvalue weighted by Gasteiger charge is 2.19. The number of hydrogen-bond donors (Lipinski definition) is 0. The van der Waals surface area contributed by atoms with Gasteiger partial charge in [-0.15, -0.1) is 0 Å². The summed E-state index contributed by atoms with van der Waals surface area (Å²) >= 11 is 0. The van der Waals surface area contributed by atoms with Crippen LogP contribution in [0.1, 0.15) is 37.8 Å². The first-order valence-electron chi connectivity index (χ1n) is 7.54. The molecule has 3 rings (SSSR count). The summed E-state index contributed by atoms with van der Waals surface area (Å²) in [7, 11) is 0. The van der Waals surface area contributed by atoms with Crippen LogP contribution >= 0.6 is 0 Å². The first kappa shape index (κ1) is 13.2. The van der Waals surface area contributed by atoms with Crippen LogP contribution in [0.3, 0.4) is 0 Å². The molecule has 101 valence electrons. The first-order chi connectivity index (χ1) is 9.79. The summed E-state index contributed by atoms with van der Waals surface area (Å²) in [6.45, 7) is 4.59. The highest BCUT2D eigenvalue weighted by molar-refractivity contribution is 5.83. The molecule has 0 spiro atoms. The molecule has 0 aliphatic heterocycles.